The lowest BCUT2D eigenvalue weighted by molar-refractivity contribution is -0.137. The quantitative estimate of drug-likeness (QED) is 0.874. The number of hydrogen-bond acceptors (Lipinski definition) is 3. The highest BCUT2D eigenvalue weighted by molar-refractivity contribution is 5.87. The number of amides is 1. The van der Waals surface area contributed by atoms with Crippen molar-refractivity contribution < 1.29 is 19.4 Å². The molecule has 1 aromatic heterocycles. The van der Waals surface area contributed by atoms with Crippen molar-refractivity contribution in [3.63, 3.8) is 0 Å². The average Bonchev–Trinajstić information content (AvgIpc) is 2.86. The molecule has 2 aromatic rings. The number of carboxylic acids is 1. The van der Waals surface area contributed by atoms with E-state index in [0.717, 1.165) is 35.0 Å². The number of aliphatic carboxylic acids is 1. The Morgan fingerprint density at radius 3 is 2.84 bits per heavy atom. The van der Waals surface area contributed by atoms with E-state index in [0.29, 0.717) is 18.9 Å². The van der Waals surface area contributed by atoms with Crippen molar-refractivity contribution in [2.24, 2.45) is 5.92 Å². The van der Waals surface area contributed by atoms with Gasteiger partial charge in [-0.25, -0.2) is 4.79 Å². The number of aromatic nitrogens is 1. The minimum atomic E-state index is -0.846. The number of benzene rings is 1. The lowest BCUT2D eigenvalue weighted by atomic mass is 9.91. The maximum Gasteiger partial charge on any atom is 0.407 e. The number of para-hydroxylation sites is 1. The third-order valence-corrected chi connectivity index (χ3v) is 4.54. The Morgan fingerprint density at radius 2 is 2.12 bits per heavy atom. The van der Waals surface area contributed by atoms with Crippen molar-refractivity contribution in [3.05, 3.63) is 35.5 Å². The molecule has 134 valence electrons. The van der Waals surface area contributed by atoms with Crippen molar-refractivity contribution in [2.75, 3.05) is 6.61 Å². The van der Waals surface area contributed by atoms with E-state index in [1.807, 2.05) is 42.7 Å². The summed E-state index contributed by atoms with van der Waals surface area (Å²) in [5.41, 5.74) is 3.15. The molecular formula is C19H24N2O4. The first-order valence-corrected chi connectivity index (χ1v) is 8.69. The molecular weight excluding hydrogens is 320 g/mol. The van der Waals surface area contributed by atoms with Gasteiger partial charge >= 0.3 is 12.1 Å². The van der Waals surface area contributed by atoms with Crippen LogP contribution in [0.25, 0.3) is 10.9 Å². The van der Waals surface area contributed by atoms with Gasteiger partial charge in [0, 0.05) is 22.6 Å². The molecule has 3 rings (SSSR count). The third kappa shape index (κ3) is 3.78. The fourth-order valence-corrected chi connectivity index (χ4v) is 3.49. The summed E-state index contributed by atoms with van der Waals surface area (Å²) in [6.45, 7) is 4.36. The van der Waals surface area contributed by atoms with Crippen LogP contribution in [0.3, 0.4) is 0 Å². The zero-order valence-electron chi connectivity index (χ0n) is 14.6. The number of carbonyl (C=O) groups is 2. The molecule has 0 saturated carbocycles. The maximum atomic E-state index is 11.9. The lowest BCUT2D eigenvalue weighted by Crippen LogP contribution is -2.39. The summed E-state index contributed by atoms with van der Waals surface area (Å²) in [6, 6.07) is 7.87. The second-order valence-corrected chi connectivity index (χ2v) is 7.00. The Bertz CT molecular complexity index is 794. The van der Waals surface area contributed by atoms with Crippen LogP contribution in [0.1, 0.15) is 31.5 Å². The summed E-state index contributed by atoms with van der Waals surface area (Å²) < 4.78 is 7.10. The Hall–Kier alpha value is -2.50. The molecule has 0 spiro atoms. The van der Waals surface area contributed by atoms with E-state index in [4.69, 9.17) is 4.74 Å². The Kier molecular flexibility index (Phi) is 4.97. The third-order valence-electron chi connectivity index (χ3n) is 4.54. The van der Waals surface area contributed by atoms with E-state index >= 15 is 0 Å². The zero-order valence-corrected chi connectivity index (χ0v) is 14.6. The first-order valence-electron chi connectivity index (χ1n) is 8.69. The Labute approximate surface area is 146 Å². The molecule has 25 heavy (non-hydrogen) atoms. The highest BCUT2D eigenvalue weighted by Gasteiger charge is 2.27. The van der Waals surface area contributed by atoms with Crippen LogP contribution in [-0.2, 0) is 28.9 Å². The smallest absolute Gasteiger partial charge is 0.407 e. The standard InChI is InChI=1S/C19H24N2O4/c1-12(2)11-25-19(24)20-13-7-8-17-15(9-13)14-5-3-4-6-16(14)21(17)10-18(22)23/h3-6,12-13H,7-11H2,1-2H3,(H,20,24)(H,22,23)/t13-/m1/s1. The second kappa shape index (κ2) is 7.17. The first-order chi connectivity index (χ1) is 12.0. The van der Waals surface area contributed by atoms with Gasteiger partial charge < -0.3 is 19.7 Å². The first kappa shape index (κ1) is 17.3. The van der Waals surface area contributed by atoms with Crippen molar-refractivity contribution in [2.45, 2.75) is 45.7 Å². The molecule has 0 aliphatic heterocycles. The van der Waals surface area contributed by atoms with Gasteiger partial charge in [0.25, 0.3) is 0 Å². The van der Waals surface area contributed by atoms with Crippen LogP contribution < -0.4 is 5.32 Å². The molecule has 6 nitrogen and oxygen atoms in total. The summed E-state index contributed by atoms with van der Waals surface area (Å²) in [5, 5.41) is 13.2. The van der Waals surface area contributed by atoms with E-state index in [1.165, 1.54) is 0 Å². The van der Waals surface area contributed by atoms with E-state index in [1.54, 1.807) is 0 Å². The molecule has 1 aliphatic rings. The Morgan fingerprint density at radius 1 is 1.36 bits per heavy atom. The van der Waals surface area contributed by atoms with Crippen LogP contribution in [0.2, 0.25) is 0 Å². The van der Waals surface area contributed by atoms with Crippen LogP contribution in [-0.4, -0.2) is 34.4 Å². The number of nitrogens with zero attached hydrogens (tertiary/aromatic N) is 1. The van der Waals surface area contributed by atoms with Gasteiger partial charge in [-0.1, -0.05) is 32.0 Å². The van der Waals surface area contributed by atoms with Gasteiger partial charge in [0.1, 0.15) is 6.54 Å². The number of alkyl carbamates (subject to hydrolysis) is 1. The molecule has 1 amide bonds. The molecule has 0 bridgehead atoms. The normalized spacial score (nSPS) is 16.7. The van der Waals surface area contributed by atoms with Gasteiger partial charge in [-0.2, -0.15) is 0 Å². The minimum Gasteiger partial charge on any atom is -0.480 e. The van der Waals surface area contributed by atoms with Crippen LogP contribution >= 0.6 is 0 Å². The van der Waals surface area contributed by atoms with Gasteiger partial charge in [-0.15, -0.1) is 0 Å². The molecule has 0 saturated heterocycles. The number of carboxylic acid groups (broad SMARTS) is 1. The predicted molar refractivity (Wildman–Crippen MR) is 94.7 cm³/mol. The van der Waals surface area contributed by atoms with Gasteiger partial charge in [-0.3, -0.25) is 4.79 Å². The van der Waals surface area contributed by atoms with Gasteiger partial charge in [0.05, 0.1) is 6.61 Å². The second-order valence-electron chi connectivity index (χ2n) is 7.00. The Balaban J connectivity index is 1.81. The van der Waals surface area contributed by atoms with E-state index < -0.39 is 5.97 Å². The van der Waals surface area contributed by atoms with E-state index in [2.05, 4.69) is 5.32 Å². The molecule has 6 heteroatoms. The maximum absolute atomic E-state index is 11.9. The van der Waals surface area contributed by atoms with Gasteiger partial charge in [0.15, 0.2) is 0 Å². The summed E-state index contributed by atoms with van der Waals surface area (Å²) in [4.78, 5) is 23.2. The molecule has 0 radical (unpaired) electrons. The molecule has 0 unspecified atom stereocenters. The van der Waals surface area contributed by atoms with Gasteiger partial charge in [-0.05, 0) is 36.8 Å². The molecule has 2 N–H and O–H groups in total. The van der Waals surface area contributed by atoms with Crippen molar-refractivity contribution in [1.82, 2.24) is 9.88 Å². The van der Waals surface area contributed by atoms with Crippen LogP contribution in [0.5, 0.6) is 0 Å². The van der Waals surface area contributed by atoms with Crippen LogP contribution in [0.15, 0.2) is 24.3 Å². The fourth-order valence-electron chi connectivity index (χ4n) is 3.49. The molecule has 0 fully saturated rings. The molecule has 1 aromatic carbocycles. The SMILES string of the molecule is CC(C)COC(=O)N[C@@H]1CCc2c(c3ccccc3n2CC(=O)O)C1. The monoisotopic (exact) mass is 344 g/mol. The van der Waals surface area contributed by atoms with Crippen LogP contribution in [0.4, 0.5) is 4.79 Å². The largest absolute Gasteiger partial charge is 0.480 e. The topological polar surface area (TPSA) is 80.6 Å². The number of ether oxygens (including phenoxy) is 1. The summed E-state index contributed by atoms with van der Waals surface area (Å²) in [6.07, 6.45) is 1.84. The van der Waals surface area contributed by atoms with Gasteiger partial charge in [0.2, 0.25) is 0 Å². The van der Waals surface area contributed by atoms with Crippen molar-refractivity contribution >= 4 is 23.0 Å². The van der Waals surface area contributed by atoms with Crippen LogP contribution in [0, 0.1) is 5.92 Å². The summed E-state index contributed by atoms with van der Waals surface area (Å²) in [7, 11) is 0. The predicted octanol–water partition coefficient (Wildman–Crippen LogP) is 2.97. The summed E-state index contributed by atoms with van der Waals surface area (Å²) in [5.74, 6) is -0.543. The highest BCUT2D eigenvalue weighted by Crippen LogP contribution is 2.32. The minimum absolute atomic E-state index is 0.0104. The number of carbonyl (C=O) groups excluding carboxylic acids is 1. The summed E-state index contributed by atoms with van der Waals surface area (Å²) >= 11 is 0. The zero-order chi connectivity index (χ0) is 18.0. The van der Waals surface area contributed by atoms with Crippen molar-refractivity contribution in [1.29, 1.82) is 0 Å². The number of nitrogens with one attached hydrogen (secondary N) is 1. The molecule has 1 heterocycles. The molecule has 1 atom stereocenters. The number of rotatable bonds is 5. The molecule has 1 aliphatic carbocycles. The van der Waals surface area contributed by atoms with E-state index in [-0.39, 0.29) is 18.7 Å². The number of fused-ring (bicyclic) bond motifs is 3. The van der Waals surface area contributed by atoms with E-state index in [9.17, 15) is 14.7 Å². The average molecular weight is 344 g/mol. The van der Waals surface area contributed by atoms with Crippen molar-refractivity contribution in [3.8, 4) is 0 Å². The lowest BCUT2D eigenvalue weighted by Gasteiger charge is -2.24. The number of hydrogen-bond donors (Lipinski definition) is 2. The fraction of sp³-hybridized carbons (Fsp3) is 0.474. The highest BCUT2D eigenvalue weighted by atomic mass is 16.5.